The van der Waals surface area contributed by atoms with Gasteiger partial charge in [-0.25, -0.2) is 4.68 Å². The Balaban J connectivity index is 1.56. The number of hydrogen-bond acceptors (Lipinski definition) is 5. The Morgan fingerprint density at radius 1 is 1.10 bits per heavy atom. The third-order valence-corrected chi connectivity index (χ3v) is 6.45. The van der Waals surface area contributed by atoms with Gasteiger partial charge in [-0.15, -0.1) is 0 Å². The normalized spacial score (nSPS) is 16.7. The Hall–Kier alpha value is -2.71. The predicted octanol–water partition coefficient (Wildman–Crippen LogP) is 1.59. The number of fused-ring (bicyclic) bond motifs is 3. The monoisotopic (exact) mass is 424 g/mol. The Morgan fingerprint density at radius 3 is 2.52 bits per heavy atom. The van der Waals surface area contributed by atoms with Gasteiger partial charge in [0.25, 0.3) is 5.56 Å². The molecule has 0 saturated carbocycles. The summed E-state index contributed by atoms with van der Waals surface area (Å²) in [6.07, 6.45) is 2.32. The average Bonchev–Trinajstić information content (AvgIpc) is 3.12. The van der Waals surface area contributed by atoms with Crippen LogP contribution in [0.1, 0.15) is 26.3 Å². The molecule has 1 fully saturated rings. The standard InChI is InChI=1S/C23H32N6O2/c1-4-19(22(30)24-10-11-28-14-12-27(5-2)13-15-28)29-20-9-7-6-8-17(20)18-16-25-26(3)23(31)21(18)29/h6-9,16,19H,4-5,10-15H2,1-3H3,(H,24,30). The van der Waals surface area contributed by atoms with Crippen molar-refractivity contribution in [2.45, 2.75) is 26.3 Å². The zero-order valence-corrected chi connectivity index (χ0v) is 18.7. The highest BCUT2D eigenvalue weighted by Gasteiger charge is 2.25. The van der Waals surface area contributed by atoms with Crippen molar-refractivity contribution in [2.24, 2.45) is 7.05 Å². The maximum Gasteiger partial charge on any atom is 0.291 e. The van der Waals surface area contributed by atoms with E-state index in [4.69, 9.17) is 0 Å². The number of aryl methyl sites for hydroxylation is 1. The van der Waals surface area contributed by atoms with Crippen LogP contribution in [0.25, 0.3) is 21.8 Å². The summed E-state index contributed by atoms with van der Waals surface area (Å²) < 4.78 is 3.24. The molecule has 3 aromatic rings. The molecule has 1 aliphatic rings. The first-order chi connectivity index (χ1) is 15.0. The molecule has 1 amide bonds. The van der Waals surface area contributed by atoms with Crippen molar-refractivity contribution in [3.05, 3.63) is 40.8 Å². The first-order valence-electron chi connectivity index (χ1n) is 11.2. The van der Waals surface area contributed by atoms with Crippen molar-refractivity contribution in [3.8, 4) is 0 Å². The van der Waals surface area contributed by atoms with Crippen LogP contribution in [0.5, 0.6) is 0 Å². The summed E-state index contributed by atoms with van der Waals surface area (Å²) in [5, 5.41) is 9.05. The highest BCUT2D eigenvalue weighted by molar-refractivity contribution is 6.08. The topological polar surface area (TPSA) is 75.4 Å². The van der Waals surface area contributed by atoms with Crippen LogP contribution >= 0.6 is 0 Å². The molecule has 0 radical (unpaired) electrons. The largest absolute Gasteiger partial charge is 0.353 e. The molecule has 166 valence electrons. The number of benzene rings is 1. The Bertz CT molecular complexity index is 1130. The van der Waals surface area contributed by atoms with Gasteiger partial charge in [0.2, 0.25) is 5.91 Å². The molecule has 0 bridgehead atoms. The number of amides is 1. The Morgan fingerprint density at radius 2 is 1.81 bits per heavy atom. The van der Waals surface area contributed by atoms with Crippen molar-refractivity contribution < 1.29 is 4.79 Å². The molecule has 0 aliphatic carbocycles. The van der Waals surface area contributed by atoms with E-state index in [1.807, 2.05) is 35.8 Å². The summed E-state index contributed by atoms with van der Waals surface area (Å²) in [7, 11) is 1.64. The molecule has 8 nitrogen and oxygen atoms in total. The first-order valence-corrected chi connectivity index (χ1v) is 11.2. The van der Waals surface area contributed by atoms with Crippen molar-refractivity contribution >= 4 is 27.7 Å². The minimum absolute atomic E-state index is 0.0452. The van der Waals surface area contributed by atoms with E-state index >= 15 is 0 Å². The number of aromatic nitrogens is 3. The molecule has 1 unspecified atom stereocenters. The van der Waals surface area contributed by atoms with Gasteiger partial charge in [0.1, 0.15) is 11.6 Å². The second-order valence-corrected chi connectivity index (χ2v) is 8.21. The molecule has 1 aliphatic heterocycles. The summed E-state index contributed by atoms with van der Waals surface area (Å²) in [6, 6.07) is 7.39. The Kier molecular flexibility index (Phi) is 6.38. The highest BCUT2D eigenvalue weighted by Crippen LogP contribution is 2.30. The number of nitrogens with zero attached hydrogens (tertiary/aromatic N) is 5. The molecule has 3 heterocycles. The number of likely N-dealkylation sites (N-methyl/N-ethyl adjacent to an activating group) is 1. The average molecular weight is 425 g/mol. The number of rotatable bonds is 7. The van der Waals surface area contributed by atoms with E-state index in [0.717, 1.165) is 55.6 Å². The van der Waals surface area contributed by atoms with Crippen molar-refractivity contribution in [3.63, 3.8) is 0 Å². The SMILES string of the molecule is CCC(C(=O)NCCN1CCN(CC)CC1)n1c2ccccc2c2cnn(C)c(=O)c21. The van der Waals surface area contributed by atoms with Gasteiger partial charge >= 0.3 is 0 Å². The minimum atomic E-state index is -0.450. The van der Waals surface area contributed by atoms with Gasteiger partial charge in [0.05, 0.1) is 11.7 Å². The van der Waals surface area contributed by atoms with Gasteiger partial charge in [-0.05, 0) is 19.0 Å². The minimum Gasteiger partial charge on any atom is -0.353 e. The van der Waals surface area contributed by atoms with E-state index in [2.05, 4.69) is 27.1 Å². The van der Waals surface area contributed by atoms with E-state index in [1.54, 1.807) is 13.2 Å². The van der Waals surface area contributed by atoms with Crippen LogP contribution in [0, 0.1) is 0 Å². The molecular formula is C23H32N6O2. The summed E-state index contributed by atoms with van der Waals surface area (Å²) >= 11 is 0. The van der Waals surface area contributed by atoms with Crippen LogP contribution in [0.4, 0.5) is 0 Å². The maximum absolute atomic E-state index is 13.2. The lowest BCUT2D eigenvalue weighted by Gasteiger charge is -2.34. The molecule has 4 rings (SSSR count). The van der Waals surface area contributed by atoms with Crippen LogP contribution in [0.2, 0.25) is 0 Å². The van der Waals surface area contributed by atoms with Gasteiger partial charge in [-0.3, -0.25) is 14.5 Å². The number of nitrogens with one attached hydrogen (secondary N) is 1. The summed E-state index contributed by atoms with van der Waals surface area (Å²) in [6.45, 7) is 11.0. The van der Waals surface area contributed by atoms with Crippen LogP contribution in [-0.2, 0) is 11.8 Å². The number of piperazine rings is 1. The summed E-state index contributed by atoms with van der Waals surface area (Å²) in [4.78, 5) is 31.0. The van der Waals surface area contributed by atoms with Gasteiger partial charge < -0.3 is 14.8 Å². The predicted molar refractivity (Wildman–Crippen MR) is 123 cm³/mol. The smallest absolute Gasteiger partial charge is 0.291 e. The fraction of sp³-hybridized carbons (Fsp3) is 0.522. The second-order valence-electron chi connectivity index (χ2n) is 8.21. The number of para-hydroxylation sites is 1. The fourth-order valence-electron chi connectivity index (χ4n) is 4.58. The third-order valence-electron chi connectivity index (χ3n) is 6.45. The van der Waals surface area contributed by atoms with Crippen LogP contribution in [0.3, 0.4) is 0 Å². The van der Waals surface area contributed by atoms with Gasteiger partial charge in [0, 0.05) is 57.1 Å². The van der Waals surface area contributed by atoms with E-state index in [1.165, 1.54) is 4.68 Å². The molecule has 1 saturated heterocycles. The Labute approximate surface area is 182 Å². The molecular weight excluding hydrogens is 392 g/mol. The molecule has 31 heavy (non-hydrogen) atoms. The van der Waals surface area contributed by atoms with Crippen LogP contribution in [-0.4, -0.2) is 75.9 Å². The van der Waals surface area contributed by atoms with Gasteiger partial charge in [-0.2, -0.15) is 5.10 Å². The molecule has 8 heteroatoms. The zero-order valence-electron chi connectivity index (χ0n) is 18.7. The first kappa shape index (κ1) is 21.5. The fourth-order valence-corrected chi connectivity index (χ4v) is 4.58. The highest BCUT2D eigenvalue weighted by atomic mass is 16.2. The number of hydrogen-bond donors (Lipinski definition) is 1. The summed E-state index contributed by atoms with van der Waals surface area (Å²) in [5.41, 5.74) is 1.24. The van der Waals surface area contributed by atoms with Crippen molar-refractivity contribution in [1.82, 2.24) is 29.5 Å². The van der Waals surface area contributed by atoms with Crippen molar-refractivity contribution in [1.29, 1.82) is 0 Å². The van der Waals surface area contributed by atoms with E-state index in [0.29, 0.717) is 18.5 Å². The third kappa shape index (κ3) is 4.09. The van der Waals surface area contributed by atoms with Crippen molar-refractivity contribution in [2.75, 3.05) is 45.8 Å². The number of carbonyl (C=O) groups excluding carboxylic acids is 1. The lowest BCUT2D eigenvalue weighted by Crippen LogP contribution is -2.48. The lowest BCUT2D eigenvalue weighted by molar-refractivity contribution is -0.124. The number of carbonyl (C=O) groups is 1. The maximum atomic E-state index is 13.2. The molecule has 2 aromatic heterocycles. The zero-order chi connectivity index (χ0) is 22.0. The summed E-state index contributed by atoms with van der Waals surface area (Å²) in [5.74, 6) is -0.0452. The quantitative estimate of drug-likeness (QED) is 0.624. The second kappa shape index (κ2) is 9.20. The van der Waals surface area contributed by atoms with Gasteiger partial charge in [0.15, 0.2) is 0 Å². The molecule has 0 spiro atoms. The molecule has 1 aromatic carbocycles. The van der Waals surface area contributed by atoms with E-state index in [9.17, 15) is 9.59 Å². The lowest BCUT2D eigenvalue weighted by atomic mass is 10.2. The van der Waals surface area contributed by atoms with E-state index < -0.39 is 6.04 Å². The van der Waals surface area contributed by atoms with Crippen LogP contribution < -0.4 is 10.9 Å². The molecule has 1 N–H and O–H groups in total. The van der Waals surface area contributed by atoms with Crippen LogP contribution in [0.15, 0.2) is 35.3 Å². The van der Waals surface area contributed by atoms with Gasteiger partial charge in [-0.1, -0.05) is 32.0 Å². The van der Waals surface area contributed by atoms with E-state index in [-0.39, 0.29) is 11.5 Å². The molecule has 1 atom stereocenters.